The number of ether oxygens (including phenoxy) is 1. The number of anilines is 1. The van der Waals surface area contributed by atoms with Gasteiger partial charge >= 0.3 is 5.97 Å². The molecule has 1 N–H and O–H groups in total. The van der Waals surface area contributed by atoms with Gasteiger partial charge in [-0.1, -0.05) is 49.7 Å². The molecule has 2 aromatic rings. The Hall–Kier alpha value is -2.33. The third-order valence-corrected chi connectivity index (χ3v) is 3.92. The molecule has 0 aromatic heterocycles. The molecule has 0 aliphatic rings. The van der Waals surface area contributed by atoms with E-state index in [4.69, 9.17) is 16.3 Å². The van der Waals surface area contributed by atoms with Crippen molar-refractivity contribution in [1.29, 1.82) is 0 Å². The fourth-order valence-corrected chi connectivity index (χ4v) is 2.31. The fraction of sp³-hybridized carbons (Fsp3) is 0.263. The molecule has 0 aliphatic carbocycles. The highest BCUT2D eigenvalue weighted by Gasteiger charge is 2.20. The molecule has 0 saturated heterocycles. The fourth-order valence-electron chi connectivity index (χ4n) is 2.10. The second-order valence-electron chi connectivity index (χ2n) is 5.79. The Balaban J connectivity index is 1.97. The SMILES string of the molecule is CC(C)c1ccc(NC(=O)[C@@H](C)OC(=O)c2ccccc2Cl)cc1. The van der Waals surface area contributed by atoms with Crippen LogP contribution < -0.4 is 5.32 Å². The molecular formula is C19H20ClNO3. The van der Waals surface area contributed by atoms with Crippen molar-refractivity contribution in [2.45, 2.75) is 32.8 Å². The van der Waals surface area contributed by atoms with Gasteiger partial charge in [-0.15, -0.1) is 0 Å². The van der Waals surface area contributed by atoms with E-state index in [1.807, 2.05) is 24.3 Å². The Morgan fingerprint density at radius 1 is 1.00 bits per heavy atom. The lowest BCUT2D eigenvalue weighted by Crippen LogP contribution is -2.30. The zero-order chi connectivity index (χ0) is 17.7. The zero-order valence-corrected chi connectivity index (χ0v) is 14.6. The predicted molar refractivity (Wildman–Crippen MR) is 95.5 cm³/mol. The van der Waals surface area contributed by atoms with Crippen LogP contribution in [0.4, 0.5) is 5.69 Å². The second kappa shape index (κ2) is 7.97. The lowest BCUT2D eigenvalue weighted by Gasteiger charge is -2.14. The number of rotatable bonds is 5. The third-order valence-electron chi connectivity index (χ3n) is 3.59. The van der Waals surface area contributed by atoms with Gasteiger partial charge in [0, 0.05) is 5.69 Å². The van der Waals surface area contributed by atoms with Gasteiger partial charge in [0.2, 0.25) is 0 Å². The molecule has 0 radical (unpaired) electrons. The maximum absolute atomic E-state index is 12.2. The third kappa shape index (κ3) is 4.59. The summed E-state index contributed by atoms with van der Waals surface area (Å²) in [4.78, 5) is 24.2. The van der Waals surface area contributed by atoms with Crippen molar-refractivity contribution in [3.8, 4) is 0 Å². The van der Waals surface area contributed by atoms with E-state index in [1.54, 1.807) is 24.3 Å². The standard InChI is InChI=1S/C19H20ClNO3/c1-12(2)14-8-10-15(11-9-14)21-18(22)13(3)24-19(23)16-6-4-5-7-17(16)20/h4-13H,1-3H3,(H,21,22)/t13-/m1/s1. The molecule has 0 spiro atoms. The summed E-state index contributed by atoms with van der Waals surface area (Å²) in [5.74, 6) is -0.601. The average Bonchev–Trinajstić information content (AvgIpc) is 2.55. The van der Waals surface area contributed by atoms with Crippen LogP contribution in [0.3, 0.4) is 0 Å². The van der Waals surface area contributed by atoms with Crippen LogP contribution in [0.2, 0.25) is 5.02 Å². The van der Waals surface area contributed by atoms with E-state index >= 15 is 0 Å². The molecule has 0 unspecified atom stereocenters. The van der Waals surface area contributed by atoms with Gasteiger partial charge in [-0.3, -0.25) is 4.79 Å². The van der Waals surface area contributed by atoms with E-state index in [-0.39, 0.29) is 5.56 Å². The lowest BCUT2D eigenvalue weighted by molar-refractivity contribution is -0.123. The van der Waals surface area contributed by atoms with Crippen LogP contribution in [0.5, 0.6) is 0 Å². The van der Waals surface area contributed by atoms with Crippen LogP contribution in [0.15, 0.2) is 48.5 Å². The summed E-state index contributed by atoms with van der Waals surface area (Å²) in [7, 11) is 0. The molecule has 126 valence electrons. The van der Waals surface area contributed by atoms with E-state index in [2.05, 4.69) is 19.2 Å². The molecule has 0 saturated carbocycles. The first kappa shape index (κ1) is 18.0. The van der Waals surface area contributed by atoms with E-state index in [0.717, 1.165) is 0 Å². The molecule has 4 nitrogen and oxygen atoms in total. The summed E-state index contributed by atoms with van der Waals surface area (Å²) in [6.45, 7) is 5.72. The van der Waals surface area contributed by atoms with Crippen molar-refractivity contribution < 1.29 is 14.3 Å². The zero-order valence-electron chi connectivity index (χ0n) is 13.9. The largest absolute Gasteiger partial charge is 0.449 e. The highest BCUT2D eigenvalue weighted by molar-refractivity contribution is 6.33. The minimum Gasteiger partial charge on any atom is -0.449 e. The summed E-state index contributed by atoms with van der Waals surface area (Å²) in [6.07, 6.45) is -0.932. The van der Waals surface area contributed by atoms with E-state index in [1.165, 1.54) is 12.5 Å². The topological polar surface area (TPSA) is 55.4 Å². The van der Waals surface area contributed by atoms with Crippen molar-refractivity contribution in [3.63, 3.8) is 0 Å². The van der Waals surface area contributed by atoms with Gasteiger partial charge in [-0.2, -0.15) is 0 Å². The van der Waals surface area contributed by atoms with Crippen molar-refractivity contribution in [1.82, 2.24) is 0 Å². The van der Waals surface area contributed by atoms with E-state index < -0.39 is 18.0 Å². The number of nitrogens with one attached hydrogen (secondary N) is 1. The molecule has 2 aromatic carbocycles. The molecular weight excluding hydrogens is 326 g/mol. The van der Waals surface area contributed by atoms with Crippen LogP contribution in [-0.2, 0) is 9.53 Å². The van der Waals surface area contributed by atoms with Crippen LogP contribution in [0.25, 0.3) is 0 Å². The lowest BCUT2D eigenvalue weighted by atomic mass is 10.0. The minimum absolute atomic E-state index is 0.236. The molecule has 0 heterocycles. The minimum atomic E-state index is -0.932. The normalized spacial score (nSPS) is 11.9. The number of halogens is 1. The number of carbonyl (C=O) groups excluding carboxylic acids is 2. The molecule has 24 heavy (non-hydrogen) atoms. The maximum Gasteiger partial charge on any atom is 0.340 e. The first-order valence-corrected chi connectivity index (χ1v) is 8.12. The molecule has 0 bridgehead atoms. The smallest absolute Gasteiger partial charge is 0.340 e. The summed E-state index contributed by atoms with van der Waals surface area (Å²) < 4.78 is 5.18. The van der Waals surface area contributed by atoms with Crippen molar-refractivity contribution in [2.75, 3.05) is 5.32 Å². The molecule has 0 aliphatic heterocycles. The average molecular weight is 346 g/mol. The summed E-state index contributed by atoms with van der Waals surface area (Å²) >= 11 is 5.95. The number of amides is 1. The Morgan fingerprint density at radius 2 is 1.62 bits per heavy atom. The molecule has 2 rings (SSSR count). The molecule has 5 heteroatoms. The van der Waals surface area contributed by atoms with Gasteiger partial charge in [0.15, 0.2) is 6.10 Å². The number of benzene rings is 2. The number of esters is 1. The highest BCUT2D eigenvalue weighted by Crippen LogP contribution is 2.19. The Bertz CT molecular complexity index is 726. The maximum atomic E-state index is 12.2. The van der Waals surface area contributed by atoms with Crippen molar-refractivity contribution >= 4 is 29.2 Å². The summed E-state index contributed by atoms with van der Waals surface area (Å²) in [5, 5.41) is 3.02. The Labute approximate surface area is 146 Å². The van der Waals surface area contributed by atoms with Crippen molar-refractivity contribution in [2.24, 2.45) is 0 Å². The monoisotopic (exact) mass is 345 g/mol. The molecule has 1 amide bonds. The molecule has 1 atom stereocenters. The van der Waals surface area contributed by atoms with Gasteiger partial charge in [0.25, 0.3) is 5.91 Å². The number of carbonyl (C=O) groups is 2. The number of hydrogen-bond donors (Lipinski definition) is 1. The summed E-state index contributed by atoms with van der Waals surface area (Å²) in [5.41, 5.74) is 2.08. The van der Waals surface area contributed by atoms with Crippen LogP contribution >= 0.6 is 11.6 Å². The van der Waals surface area contributed by atoms with Gasteiger partial charge < -0.3 is 10.1 Å². The highest BCUT2D eigenvalue weighted by atomic mass is 35.5. The Kier molecular flexibility index (Phi) is 5.99. The predicted octanol–water partition coefficient (Wildman–Crippen LogP) is 4.65. The Morgan fingerprint density at radius 3 is 2.21 bits per heavy atom. The van der Waals surface area contributed by atoms with Gasteiger partial charge in [-0.25, -0.2) is 4.79 Å². The van der Waals surface area contributed by atoms with Crippen LogP contribution in [0, 0.1) is 0 Å². The first-order valence-electron chi connectivity index (χ1n) is 7.75. The van der Waals surface area contributed by atoms with E-state index in [9.17, 15) is 9.59 Å². The number of hydrogen-bond acceptors (Lipinski definition) is 3. The van der Waals surface area contributed by atoms with Gasteiger partial charge in [0.1, 0.15) is 0 Å². The van der Waals surface area contributed by atoms with Gasteiger partial charge in [-0.05, 0) is 42.7 Å². The second-order valence-corrected chi connectivity index (χ2v) is 6.20. The summed E-state index contributed by atoms with van der Waals surface area (Å²) in [6, 6.07) is 14.1. The van der Waals surface area contributed by atoms with Crippen molar-refractivity contribution in [3.05, 3.63) is 64.7 Å². The quantitative estimate of drug-likeness (QED) is 0.802. The van der Waals surface area contributed by atoms with E-state index in [0.29, 0.717) is 16.6 Å². The van der Waals surface area contributed by atoms with Crippen LogP contribution in [-0.4, -0.2) is 18.0 Å². The van der Waals surface area contributed by atoms with Crippen LogP contribution in [0.1, 0.15) is 42.6 Å². The molecule has 0 fully saturated rings. The van der Waals surface area contributed by atoms with Gasteiger partial charge in [0.05, 0.1) is 10.6 Å². The first-order chi connectivity index (χ1) is 11.4.